The third-order valence-electron chi connectivity index (χ3n) is 4.06. The van der Waals surface area contributed by atoms with Crippen molar-refractivity contribution in [2.24, 2.45) is 4.99 Å². The first kappa shape index (κ1) is 19.4. The number of amides is 1. The number of benzene rings is 2. The molecule has 0 aliphatic heterocycles. The van der Waals surface area contributed by atoms with Crippen molar-refractivity contribution < 1.29 is 19.0 Å². The standard InChI is InChI=1S/C20H17ClFN3O3/c1-23-20(27)19(28-2)11-25(10-12-5-14(22)9-15(26)6-12)18-8-13(21)7-17-16(18)3-4-24-17/h3-9,11,24,26H,1,10H2,2H3/b19-11+. The highest BCUT2D eigenvalue weighted by Gasteiger charge is 2.16. The Kier molecular flexibility index (Phi) is 5.65. The number of aliphatic imine (C=N–C) groups is 1. The van der Waals surface area contributed by atoms with E-state index >= 15 is 0 Å². The molecule has 0 aliphatic carbocycles. The Bertz CT molecular complexity index is 1060. The highest BCUT2D eigenvalue weighted by Crippen LogP contribution is 2.32. The molecule has 0 unspecified atom stereocenters. The fraction of sp³-hybridized carbons (Fsp3) is 0.100. The Morgan fingerprint density at radius 1 is 1.39 bits per heavy atom. The number of aromatic nitrogens is 1. The number of aromatic amines is 1. The van der Waals surface area contributed by atoms with Gasteiger partial charge in [0.1, 0.15) is 11.6 Å². The van der Waals surface area contributed by atoms with E-state index in [0.717, 1.165) is 17.0 Å². The third-order valence-corrected chi connectivity index (χ3v) is 4.28. The van der Waals surface area contributed by atoms with Crippen LogP contribution in [-0.4, -0.2) is 29.8 Å². The van der Waals surface area contributed by atoms with Gasteiger partial charge in [0.05, 0.1) is 19.0 Å². The van der Waals surface area contributed by atoms with Crippen LogP contribution in [0.2, 0.25) is 5.02 Å². The summed E-state index contributed by atoms with van der Waals surface area (Å²) in [4.78, 5) is 20.1. The summed E-state index contributed by atoms with van der Waals surface area (Å²) in [6, 6.07) is 9.07. The first-order valence-electron chi connectivity index (χ1n) is 8.20. The number of carbonyl (C=O) groups excluding carboxylic acids is 1. The van der Waals surface area contributed by atoms with Crippen LogP contribution in [0.5, 0.6) is 5.75 Å². The number of hydrogen-bond acceptors (Lipinski definition) is 4. The summed E-state index contributed by atoms with van der Waals surface area (Å²) < 4.78 is 18.9. The van der Waals surface area contributed by atoms with Crippen molar-refractivity contribution in [3.05, 3.63) is 71.0 Å². The number of nitrogens with one attached hydrogen (secondary N) is 1. The smallest absolute Gasteiger partial charge is 0.312 e. The molecule has 3 rings (SSSR count). The predicted molar refractivity (Wildman–Crippen MR) is 107 cm³/mol. The molecule has 2 N–H and O–H groups in total. The lowest BCUT2D eigenvalue weighted by Crippen LogP contribution is -2.19. The molecule has 28 heavy (non-hydrogen) atoms. The summed E-state index contributed by atoms with van der Waals surface area (Å²) >= 11 is 6.24. The van der Waals surface area contributed by atoms with Crippen LogP contribution in [-0.2, 0) is 16.1 Å². The van der Waals surface area contributed by atoms with Crippen molar-refractivity contribution in [3.63, 3.8) is 0 Å². The van der Waals surface area contributed by atoms with Crippen molar-refractivity contribution in [1.29, 1.82) is 0 Å². The van der Waals surface area contributed by atoms with Gasteiger partial charge in [0.25, 0.3) is 0 Å². The zero-order chi connectivity index (χ0) is 20.3. The lowest BCUT2D eigenvalue weighted by Gasteiger charge is -2.23. The first-order valence-corrected chi connectivity index (χ1v) is 8.57. The van der Waals surface area contributed by atoms with E-state index in [2.05, 4.69) is 16.7 Å². The number of nitrogens with zero attached hydrogens (tertiary/aromatic N) is 2. The molecule has 0 spiro atoms. The second kappa shape index (κ2) is 8.14. The van der Waals surface area contributed by atoms with Crippen LogP contribution in [0.3, 0.4) is 0 Å². The molecule has 0 aliphatic rings. The number of rotatable bonds is 6. The zero-order valence-electron chi connectivity index (χ0n) is 14.9. The van der Waals surface area contributed by atoms with Crippen LogP contribution in [0, 0.1) is 5.82 Å². The van der Waals surface area contributed by atoms with Gasteiger partial charge in [-0.25, -0.2) is 9.38 Å². The van der Waals surface area contributed by atoms with Crippen LogP contribution in [0.15, 0.2) is 59.5 Å². The Morgan fingerprint density at radius 2 is 2.18 bits per heavy atom. The van der Waals surface area contributed by atoms with E-state index in [0.29, 0.717) is 16.3 Å². The van der Waals surface area contributed by atoms with Crippen LogP contribution in [0.25, 0.3) is 10.9 Å². The topological polar surface area (TPSA) is 77.9 Å². The Balaban J connectivity index is 2.15. The number of aromatic hydroxyl groups is 1. The minimum Gasteiger partial charge on any atom is -0.508 e. The molecule has 8 heteroatoms. The summed E-state index contributed by atoms with van der Waals surface area (Å²) in [6.45, 7) is 3.35. The molecule has 0 radical (unpaired) electrons. The van der Waals surface area contributed by atoms with Crippen LogP contribution < -0.4 is 4.90 Å². The average molecular weight is 402 g/mol. The van der Waals surface area contributed by atoms with Crippen molar-refractivity contribution in [2.45, 2.75) is 6.54 Å². The molecule has 0 atom stereocenters. The summed E-state index contributed by atoms with van der Waals surface area (Å²) in [5.74, 6) is -1.48. The average Bonchev–Trinajstić information content (AvgIpc) is 3.11. The number of anilines is 1. The van der Waals surface area contributed by atoms with Gasteiger partial charge < -0.3 is 19.7 Å². The summed E-state index contributed by atoms with van der Waals surface area (Å²) in [5, 5.41) is 11.0. The molecule has 0 saturated carbocycles. The Labute approximate surface area is 165 Å². The molecule has 2 aromatic carbocycles. The van der Waals surface area contributed by atoms with Gasteiger partial charge in [-0.3, -0.25) is 4.79 Å². The maximum atomic E-state index is 13.7. The van der Waals surface area contributed by atoms with Gasteiger partial charge in [0, 0.05) is 34.7 Å². The maximum absolute atomic E-state index is 13.7. The summed E-state index contributed by atoms with van der Waals surface area (Å²) in [6.07, 6.45) is 3.20. The normalized spacial score (nSPS) is 11.5. The van der Waals surface area contributed by atoms with Gasteiger partial charge in [-0.05, 0) is 42.6 Å². The quantitative estimate of drug-likeness (QED) is 0.365. The number of ether oxygens (including phenoxy) is 1. The second-order valence-corrected chi connectivity index (χ2v) is 6.41. The molecule has 1 aromatic heterocycles. The number of methoxy groups -OCH3 is 1. The van der Waals surface area contributed by atoms with Gasteiger partial charge in [0.15, 0.2) is 0 Å². The lowest BCUT2D eigenvalue weighted by molar-refractivity contribution is -0.117. The van der Waals surface area contributed by atoms with Crippen molar-refractivity contribution in [3.8, 4) is 5.75 Å². The molecule has 6 nitrogen and oxygen atoms in total. The lowest BCUT2D eigenvalue weighted by atomic mass is 10.1. The van der Waals surface area contributed by atoms with Gasteiger partial charge in [-0.15, -0.1) is 0 Å². The summed E-state index contributed by atoms with van der Waals surface area (Å²) in [7, 11) is 1.34. The van der Waals surface area contributed by atoms with E-state index in [1.165, 1.54) is 25.4 Å². The van der Waals surface area contributed by atoms with E-state index in [-0.39, 0.29) is 18.1 Å². The number of halogens is 2. The fourth-order valence-corrected chi connectivity index (χ4v) is 3.10. The number of phenolic OH excluding ortho intramolecular Hbond substituents is 1. The van der Waals surface area contributed by atoms with Crippen molar-refractivity contribution >= 4 is 40.8 Å². The van der Waals surface area contributed by atoms with Gasteiger partial charge in [-0.1, -0.05) is 11.6 Å². The largest absolute Gasteiger partial charge is 0.508 e. The number of H-pyrrole nitrogens is 1. The van der Waals surface area contributed by atoms with E-state index in [9.17, 15) is 14.3 Å². The molecule has 0 saturated heterocycles. The van der Waals surface area contributed by atoms with Crippen molar-refractivity contribution in [2.75, 3.05) is 12.0 Å². The number of fused-ring (bicyclic) bond motifs is 1. The Morgan fingerprint density at radius 3 is 2.86 bits per heavy atom. The molecular formula is C20H17ClFN3O3. The predicted octanol–water partition coefficient (Wildman–Crippen LogP) is 4.39. The highest BCUT2D eigenvalue weighted by atomic mass is 35.5. The van der Waals surface area contributed by atoms with E-state index in [4.69, 9.17) is 16.3 Å². The molecule has 0 fully saturated rings. The van der Waals surface area contributed by atoms with Gasteiger partial charge in [0.2, 0.25) is 5.76 Å². The minimum absolute atomic E-state index is 0.0562. The van der Waals surface area contributed by atoms with E-state index in [1.807, 2.05) is 6.07 Å². The Hall–Kier alpha value is -3.32. The zero-order valence-corrected chi connectivity index (χ0v) is 15.7. The fourth-order valence-electron chi connectivity index (χ4n) is 2.89. The number of phenols is 1. The third kappa shape index (κ3) is 4.15. The van der Waals surface area contributed by atoms with E-state index in [1.54, 1.807) is 23.2 Å². The van der Waals surface area contributed by atoms with E-state index < -0.39 is 11.7 Å². The number of carbonyl (C=O) groups is 1. The SMILES string of the molecule is C=NC(=O)/C(=C\N(Cc1cc(O)cc(F)c1)c1cc(Cl)cc2[nH]ccc12)OC. The van der Waals surface area contributed by atoms with Crippen molar-refractivity contribution in [1.82, 2.24) is 4.98 Å². The monoisotopic (exact) mass is 401 g/mol. The van der Waals surface area contributed by atoms with Gasteiger partial charge in [-0.2, -0.15) is 0 Å². The van der Waals surface area contributed by atoms with Gasteiger partial charge >= 0.3 is 5.91 Å². The molecular weight excluding hydrogens is 385 g/mol. The molecule has 0 bridgehead atoms. The molecule has 1 amide bonds. The molecule has 144 valence electrons. The minimum atomic E-state index is -0.651. The molecule has 1 heterocycles. The highest BCUT2D eigenvalue weighted by molar-refractivity contribution is 6.31. The molecule has 3 aromatic rings. The van der Waals surface area contributed by atoms with Crippen LogP contribution in [0.4, 0.5) is 10.1 Å². The first-order chi connectivity index (χ1) is 13.4. The second-order valence-electron chi connectivity index (χ2n) is 5.97. The van der Waals surface area contributed by atoms with Crippen LogP contribution >= 0.6 is 11.6 Å². The maximum Gasteiger partial charge on any atom is 0.312 e. The van der Waals surface area contributed by atoms with Crippen LogP contribution in [0.1, 0.15) is 5.56 Å². The number of hydrogen-bond donors (Lipinski definition) is 2. The summed E-state index contributed by atoms with van der Waals surface area (Å²) in [5.41, 5.74) is 1.92.